The lowest BCUT2D eigenvalue weighted by atomic mass is 9.72. The number of nitrogens with one attached hydrogen (secondary N) is 2. The normalized spacial score (nSPS) is 17.9. The summed E-state index contributed by atoms with van der Waals surface area (Å²) >= 11 is 3.56. The summed E-state index contributed by atoms with van der Waals surface area (Å²) in [5.41, 5.74) is 1.00. The average Bonchev–Trinajstić information content (AvgIpc) is 3.02. The predicted octanol–water partition coefficient (Wildman–Crippen LogP) is 1.64. The molecule has 1 fully saturated rings. The molecule has 2 heterocycles. The van der Waals surface area contributed by atoms with Gasteiger partial charge in [-0.1, -0.05) is 11.3 Å². The van der Waals surface area contributed by atoms with Crippen molar-refractivity contribution in [1.82, 2.24) is 25.9 Å². The third kappa shape index (κ3) is 2.20. The van der Waals surface area contributed by atoms with Crippen LogP contribution in [0.1, 0.15) is 24.2 Å². The maximum atomic E-state index is 5.30. The molecular formula is C13H16BrN5O. The number of H-pyrrole nitrogens is 1. The van der Waals surface area contributed by atoms with E-state index in [2.05, 4.69) is 54.0 Å². The molecule has 0 unspecified atom stereocenters. The predicted molar refractivity (Wildman–Crippen MR) is 77.8 cm³/mol. The number of ether oxygens (including phenoxy) is 1. The molecule has 1 aromatic heterocycles. The smallest absolute Gasteiger partial charge is 0.185 e. The zero-order valence-corrected chi connectivity index (χ0v) is 12.8. The molecule has 0 aliphatic carbocycles. The van der Waals surface area contributed by atoms with E-state index >= 15 is 0 Å². The monoisotopic (exact) mass is 337 g/mol. The van der Waals surface area contributed by atoms with E-state index in [-0.39, 0.29) is 5.41 Å². The van der Waals surface area contributed by atoms with Crippen molar-refractivity contribution in [1.29, 1.82) is 0 Å². The van der Waals surface area contributed by atoms with Gasteiger partial charge in [0.05, 0.1) is 17.0 Å². The molecule has 1 saturated heterocycles. The van der Waals surface area contributed by atoms with Crippen LogP contribution in [0.2, 0.25) is 0 Å². The average molecular weight is 338 g/mol. The van der Waals surface area contributed by atoms with Crippen molar-refractivity contribution >= 4 is 15.9 Å². The van der Waals surface area contributed by atoms with Crippen LogP contribution in [0.4, 0.5) is 0 Å². The minimum Gasteiger partial charge on any atom is -0.496 e. The fourth-order valence-corrected chi connectivity index (χ4v) is 3.36. The molecule has 20 heavy (non-hydrogen) atoms. The largest absolute Gasteiger partial charge is 0.496 e. The van der Waals surface area contributed by atoms with Crippen LogP contribution in [0.5, 0.6) is 5.75 Å². The Bertz CT molecular complexity index is 580. The Morgan fingerprint density at radius 1 is 1.30 bits per heavy atom. The molecule has 1 aliphatic rings. The lowest BCUT2D eigenvalue weighted by Crippen LogP contribution is -2.41. The number of nitrogens with zero attached hydrogens (tertiary/aromatic N) is 3. The number of aromatic amines is 1. The van der Waals surface area contributed by atoms with Crippen molar-refractivity contribution in [3.63, 3.8) is 0 Å². The first-order valence-corrected chi connectivity index (χ1v) is 7.34. The van der Waals surface area contributed by atoms with Crippen LogP contribution in [0.25, 0.3) is 0 Å². The van der Waals surface area contributed by atoms with E-state index in [1.165, 1.54) is 5.56 Å². The highest BCUT2D eigenvalue weighted by Crippen LogP contribution is 2.40. The highest BCUT2D eigenvalue weighted by atomic mass is 79.9. The molecule has 0 amide bonds. The Balaban J connectivity index is 2.08. The summed E-state index contributed by atoms with van der Waals surface area (Å²) in [6, 6.07) is 6.16. The zero-order chi connectivity index (χ0) is 14.0. The number of piperidine rings is 1. The van der Waals surface area contributed by atoms with Gasteiger partial charge in [-0.3, -0.25) is 0 Å². The number of benzene rings is 1. The Morgan fingerprint density at radius 3 is 2.70 bits per heavy atom. The lowest BCUT2D eigenvalue weighted by Gasteiger charge is -2.35. The summed E-state index contributed by atoms with van der Waals surface area (Å²) in [7, 11) is 1.67. The van der Waals surface area contributed by atoms with Crippen LogP contribution in [-0.2, 0) is 5.41 Å². The topological polar surface area (TPSA) is 75.7 Å². The van der Waals surface area contributed by atoms with Gasteiger partial charge in [-0.15, -0.1) is 10.2 Å². The van der Waals surface area contributed by atoms with Gasteiger partial charge >= 0.3 is 0 Å². The minimum atomic E-state index is -0.187. The second-order valence-corrected chi connectivity index (χ2v) is 5.77. The van der Waals surface area contributed by atoms with E-state index in [0.717, 1.165) is 42.0 Å². The van der Waals surface area contributed by atoms with E-state index in [1.807, 2.05) is 6.07 Å². The van der Waals surface area contributed by atoms with E-state index in [4.69, 9.17) is 4.74 Å². The first-order valence-electron chi connectivity index (χ1n) is 6.55. The molecule has 0 radical (unpaired) electrons. The molecule has 1 aromatic carbocycles. The van der Waals surface area contributed by atoms with Crippen molar-refractivity contribution in [3.05, 3.63) is 34.1 Å². The first-order chi connectivity index (χ1) is 9.76. The van der Waals surface area contributed by atoms with Crippen LogP contribution in [0.15, 0.2) is 22.7 Å². The summed E-state index contributed by atoms with van der Waals surface area (Å²) in [5.74, 6) is 1.59. The lowest BCUT2D eigenvalue weighted by molar-refractivity contribution is 0.345. The van der Waals surface area contributed by atoms with Gasteiger partial charge in [0.2, 0.25) is 0 Å². The molecular weight excluding hydrogens is 322 g/mol. The Kier molecular flexibility index (Phi) is 3.71. The maximum absolute atomic E-state index is 5.30. The van der Waals surface area contributed by atoms with Crippen LogP contribution >= 0.6 is 15.9 Å². The number of hydrogen-bond donors (Lipinski definition) is 2. The molecule has 2 aromatic rings. The zero-order valence-electron chi connectivity index (χ0n) is 11.2. The van der Waals surface area contributed by atoms with Crippen molar-refractivity contribution in [2.75, 3.05) is 20.2 Å². The summed E-state index contributed by atoms with van der Waals surface area (Å²) in [4.78, 5) is 0. The summed E-state index contributed by atoms with van der Waals surface area (Å²) in [6.07, 6.45) is 1.90. The number of hydrogen-bond acceptors (Lipinski definition) is 5. The molecule has 0 saturated carbocycles. The highest BCUT2D eigenvalue weighted by Gasteiger charge is 2.39. The summed E-state index contributed by atoms with van der Waals surface area (Å²) in [5, 5.41) is 18.2. The van der Waals surface area contributed by atoms with Gasteiger partial charge in [0.1, 0.15) is 5.75 Å². The van der Waals surface area contributed by atoms with Crippen LogP contribution < -0.4 is 10.1 Å². The molecule has 3 rings (SSSR count). The molecule has 106 valence electrons. The van der Waals surface area contributed by atoms with Gasteiger partial charge < -0.3 is 10.1 Å². The maximum Gasteiger partial charge on any atom is 0.185 e. The van der Waals surface area contributed by atoms with Gasteiger partial charge in [0.15, 0.2) is 5.82 Å². The van der Waals surface area contributed by atoms with E-state index in [1.54, 1.807) is 7.11 Å². The van der Waals surface area contributed by atoms with Gasteiger partial charge in [-0.05, 0) is 59.6 Å². The molecule has 6 nitrogen and oxygen atoms in total. The van der Waals surface area contributed by atoms with Gasteiger partial charge in [0, 0.05) is 0 Å². The molecule has 7 heteroatoms. The summed E-state index contributed by atoms with van der Waals surface area (Å²) < 4.78 is 6.25. The van der Waals surface area contributed by atoms with Crippen LogP contribution in [-0.4, -0.2) is 40.8 Å². The quantitative estimate of drug-likeness (QED) is 0.890. The molecule has 2 N–H and O–H groups in total. The van der Waals surface area contributed by atoms with E-state index in [0.29, 0.717) is 0 Å². The van der Waals surface area contributed by atoms with E-state index < -0.39 is 0 Å². The standard InChI is InChI=1S/C13H16BrN5O/c1-20-11-3-2-9(8-10(11)14)13(4-6-15-7-5-13)12-16-18-19-17-12/h2-3,8,15H,4-7H2,1H3,(H,16,17,18,19). The minimum absolute atomic E-state index is 0.187. The van der Waals surface area contributed by atoms with Crippen molar-refractivity contribution < 1.29 is 4.74 Å². The number of halogens is 1. The SMILES string of the molecule is COc1ccc(C2(c3nn[nH]n3)CCNCC2)cc1Br. The fourth-order valence-electron chi connectivity index (χ4n) is 2.82. The molecule has 0 atom stereocenters. The summed E-state index contributed by atoms with van der Waals surface area (Å²) in [6.45, 7) is 1.89. The van der Waals surface area contributed by atoms with Gasteiger partial charge in [-0.25, -0.2) is 0 Å². The highest BCUT2D eigenvalue weighted by molar-refractivity contribution is 9.10. The van der Waals surface area contributed by atoms with Gasteiger partial charge in [-0.2, -0.15) is 5.21 Å². The number of methoxy groups -OCH3 is 1. The number of tetrazole rings is 1. The number of aromatic nitrogens is 4. The first kappa shape index (κ1) is 13.5. The molecule has 0 spiro atoms. The molecule has 0 bridgehead atoms. The third-order valence-corrected chi connectivity index (χ3v) is 4.55. The Morgan fingerprint density at radius 2 is 2.10 bits per heavy atom. The fraction of sp³-hybridized carbons (Fsp3) is 0.462. The van der Waals surface area contributed by atoms with Crippen molar-refractivity contribution in [2.45, 2.75) is 18.3 Å². The second-order valence-electron chi connectivity index (χ2n) is 4.92. The second kappa shape index (κ2) is 5.49. The molecule has 1 aliphatic heterocycles. The van der Waals surface area contributed by atoms with Crippen molar-refractivity contribution in [3.8, 4) is 5.75 Å². The third-order valence-electron chi connectivity index (χ3n) is 3.93. The van der Waals surface area contributed by atoms with Crippen molar-refractivity contribution in [2.24, 2.45) is 0 Å². The Labute approximate surface area is 125 Å². The van der Waals surface area contributed by atoms with Gasteiger partial charge in [0.25, 0.3) is 0 Å². The number of rotatable bonds is 3. The van der Waals surface area contributed by atoms with Crippen LogP contribution in [0, 0.1) is 0 Å². The van der Waals surface area contributed by atoms with E-state index in [9.17, 15) is 0 Å². The Hall–Kier alpha value is -1.47. The van der Waals surface area contributed by atoms with Crippen LogP contribution in [0.3, 0.4) is 0 Å².